The molecule has 0 amide bonds. The summed E-state index contributed by atoms with van der Waals surface area (Å²) >= 11 is 17.2. The van der Waals surface area contributed by atoms with Gasteiger partial charge >= 0.3 is 11.9 Å². The van der Waals surface area contributed by atoms with Gasteiger partial charge in [-0.2, -0.15) is 0 Å². The highest BCUT2D eigenvalue weighted by atomic mass is 35.5. The number of halogens is 3. The lowest BCUT2D eigenvalue weighted by atomic mass is 10.3. The van der Waals surface area contributed by atoms with Crippen molar-refractivity contribution in [2.45, 2.75) is 25.7 Å². The molecule has 0 heterocycles. The molecule has 8 heteroatoms. The number of esters is 2. The maximum absolute atomic E-state index is 11.6. The Bertz CT molecular complexity index is 531. The molecule has 0 radical (unpaired) electrons. The van der Waals surface area contributed by atoms with Crippen LogP contribution in [0.2, 0.25) is 5.02 Å². The fourth-order valence-electron chi connectivity index (χ4n) is 2.15. The maximum Gasteiger partial charge on any atom is 0.305 e. The summed E-state index contributed by atoms with van der Waals surface area (Å²) in [5.41, 5.74) is 0.867. The highest BCUT2D eigenvalue weighted by Gasteiger charge is 2.11. The Hall–Kier alpha value is -1.17. The van der Waals surface area contributed by atoms with Crippen LogP contribution in [0.4, 0.5) is 5.69 Å². The third kappa shape index (κ3) is 10.1. The molecule has 0 aliphatic carbocycles. The number of benzene rings is 1. The first-order valence-corrected chi connectivity index (χ1v) is 9.95. The molecule has 5 nitrogen and oxygen atoms in total. The Morgan fingerprint density at radius 2 is 1.46 bits per heavy atom. The van der Waals surface area contributed by atoms with Gasteiger partial charge in [-0.25, -0.2) is 0 Å². The molecule has 26 heavy (non-hydrogen) atoms. The number of hydrogen-bond acceptors (Lipinski definition) is 5. The fourth-order valence-corrected chi connectivity index (χ4v) is 2.60. The minimum Gasteiger partial charge on any atom is -0.464 e. The molecule has 0 aliphatic heterocycles. The smallest absolute Gasteiger partial charge is 0.305 e. The van der Waals surface area contributed by atoms with E-state index >= 15 is 0 Å². The summed E-state index contributed by atoms with van der Waals surface area (Å²) in [6.07, 6.45) is 1.80. The fraction of sp³-hybridized carbons (Fsp3) is 0.556. The van der Waals surface area contributed by atoms with Crippen molar-refractivity contribution in [2.24, 2.45) is 0 Å². The lowest BCUT2D eigenvalue weighted by molar-refractivity contribution is -0.143. The minimum absolute atomic E-state index is 0.230. The standard InChI is InChI=1S/C18H24Cl3NO4/c19-8-2-6-17(23)25-12-10-22(16-5-1-4-15(21)14-16)11-13-26-18(24)7-3-9-20/h1,4-5,14H,2-3,6-13H2. The van der Waals surface area contributed by atoms with Crippen molar-refractivity contribution >= 4 is 52.4 Å². The Morgan fingerprint density at radius 1 is 0.923 bits per heavy atom. The van der Waals surface area contributed by atoms with Crippen LogP contribution < -0.4 is 4.90 Å². The molecule has 0 bridgehead atoms. The van der Waals surface area contributed by atoms with Gasteiger partial charge in [0.05, 0.1) is 13.1 Å². The first-order valence-electron chi connectivity index (χ1n) is 8.50. The number of rotatable bonds is 13. The third-order valence-electron chi connectivity index (χ3n) is 3.45. The highest BCUT2D eigenvalue weighted by Crippen LogP contribution is 2.19. The van der Waals surface area contributed by atoms with Crippen molar-refractivity contribution in [3.05, 3.63) is 29.3 Å². The molecule has 1 aromatic carbocycles. The molecule has 0 saturated carbocycles. The van der Waals surface area contributed by atoms with E-state index in [-0.39, 0.29) is 25.2 Å². The van der Waals surface area contributed by atoms with Crippen molar-refractivity contribution in [3.63, 3.8) is 0 Å². The normalized spacial score (nSPS) is 10.4. The molecule has 0 unspecified atom stereocenters. The molecule has 1 aromatic rings. The van der Waals surface area contributed by atoms with Crippen LogP contribution in [-0.4, -0.2) is 50.0 Å². The zero-order chi connectivity index (χ0) is 19.2. The van der Waals surface area contributed by atoms with Gasteiger partial charge in [0.25, 0.3) is 0 Å². The third-order valence-corrected chi connectivity index (χ3v) is 4.22. The summed E-state index contributed by atoms with van der Waals surface area (Å²) < 4.78 is 10.4. The van der Waals surface area contributed by atoms with E-state index in [2.05, 4.69) is 0 Å². The largest absolute Gasteiger partial charge is 0.464 e. The van der Waals surface area contributed by atoms with Crippen molar-refractivity contribution in [2.75, 3.05) is 43.0 Å². The number of carbonyl (C=O) groups is 2. The summed E-state index contributed by atoms with van der Waals surface area (Å²) in [5, 5.41) is 0.603. The summed E-state index contributed by atoms with van der Waals surface area (Å²) in [4.78, 5) is 25.1. The van der Waals surface area contributed by atoms with E-state index in [1.165, 1.54) is 0 Å². The van der Waals surface area contributed by atoms with Gasteiger partial charge in [-0.1, -0.05) is 17.7 Å². The Kier molecular flexibility index (Phi) is 12.3. The molecule has 0 spiro atoms. The summed E-state index contributed by atoms with van der Waals surface area (Å²) in [5.74, 6) is 0.311. The summed E-state index contributed by atoms with van der Waals surface area (Å²) in [6.45, 7) is 1.39. The number of alkyl halides is 2. The SMILES string of the molecule is O=C(CCCCl)OCCN(CCOC(=O)CCCCl)c1cccc(Cl)c1. The van der Waals surface area contributed by atoms with E-state index in [0.29, 0.717) is 55.6 Å². The van der Waals surface area contributed by atoms with Gasteiger partial charge in [0.15, 0.2) is 0 Å². The van der Waals surface area contributed by atoms with Gasteiger partial charge in [-0.3, -0.25) is 9.59 Å². The molecule has 0 aromatic heterocycles. The second kappa shape index (κ2) is 14.0. The van der Waals surface area contributed by atoms with Crippen LogP contribution in [0.15, 0.2) is 24.3 Å². The van der Waals surface area contributed by atoms with E-state index in [1.807, 2.05) is 23.1 Å². The van der Waals surface area contributed by atoms with Crippen LogP contribution in [0.25, 0.3) is 0 Å². The number of hydrogen-bond donors (Lipinski definition) is 0. The van der Waals surface area contributed by atoms with E-state index in [4.69, 9.17) is 44.3 Å². The van der Waals surface area contributed by atoms with Gasteiger partial charge in [-0.15, -0.1) is 23.2 Å². The van der Waals surface area contributed by atoms with Crippen LogP contribution in [0.1, 0.15) is 25.7 Å². The topological polar surface area (TPSA) is 55.8 Å². The molecule has 0 saturated heterocycles. The van der Waals surface area contributed by atoms with E-state index in [1.54, 1.807) is 6.07 Å². The molecule has 0 atom stereocenters. The Labute approximate surface area is 169 Å². The summed E-state index contributed by atoms with van der Waals surface area (Å²) in [6, 6.07) is 7.33. The van der Waals surface area contributed by atoms with Gasteiger partial charge in [0, 0.05) is 35.3 Å². The molecular formula is C18H24Cl3NO4. The Morgan fingerprint density at radius 3 is 1.92 bits per heavy atom. The second-order valence-electron chi connectivity index (χ2n) is 5.49. The lowest BCUT2D eigenvalue weighted by Gasteiger charge is -2.24. The zero-order valence-electron chi connectivity index (χ0n) is 14.6. The van der Waals surface area contributed by atoms with Crippen LogP contribution in [0, 0.1) is 0 Å². The van der Waals surface area contributed by atoms with Crippen molar-refractivity contribution < 1.29 is 19.1 Å². The molecule has 146 valence electrons. The monoisotopic (exact) mass is 423 g/mol. The average Bonchev–Trinajstić information content (AvgIpc) is 2.63. The van der Waals surface area contributed by atoms with E-state index in [9.17, 15) is 9.59 Å². The molecule has 1 rings (SSSR count). The van der Waals surface area contributed by atoms with Crippen LogP contribution in [0.5, 0.6) is 0 Å². The molecule has 0 fully saturated rings. The minimum atomic E-state index is -0.274. The maximum atomic E-state index is 11.6. The van der Waals surface area contributed by atoms with Gasteiger partial charge in [-0.05, 0) is 31.0 Å². The first-order chi connectivity index (χ1) is 12.6. The predicted octanol–water partition coefficient (Wildman–Crippen LogP) is 4.27. The van der Waals surface area contributed by atoms with Crippen LogP contribution in [-0.2, 0) is 19.1 Å². The number of carbonyl (C=O) groups excluding carboxylic acids is 2. The number of ether oxygens (including phenoxy) is 2. The van der Waals surface area contributed by atoms with Crippen molar-refractivity contribution in [3.8, 4) is 0 Å². The van der Waals surface area contributed by atoms with E-state index in [0.717, 1.165) is 5.69 Å². The Balaban J connectivity index is 2.51. The quantitative estimate of drug-likeness (QED) is 0.349. The number of nitrogens with zero attached hydrogens (tertiary/aromatic N) is 1. The van der Waals surface area contributed by atoms with Crippen molar-refractivity contribution in [1.82, 2.24) is 0 Å². The van der Waals surface area contributed by atoms with Gasteiger partial charge in [0.2, 0.25) is 0 Å². The molecular weight excluding hydrogens is 401 g/mol. The zero-order valence-corrected chi connectivity index (χ0v) is 16.9. The van der Waals surface area contributed by atoms with Crippen LogP contribution >= 0.6 is 34.8 Å². The molecule has 0 N–H and O–H groups in total. The highest BCUT2D eigenvalue weighted by molar-refractivity contribution is 6.30. The van der Waals surface area contributed by atoms with Crippen molar-refractivity contribution in [1.29, 1.82) is 0 Å². The van der Waals surface area contributed by atoms with Gasteiger partial charge in [0.1, 0.15) is 13.2 Å². The first kappa shape index (κ1) is 22.9. The summed E-state index contributed by atoms with van der Waals surface area (Å²) in [7, 11) is 0. The average molecular weight is 425 g/mol. The second-order valence-corrected chi connectivity index (χ2v) is 6.69. The van der Waals surface area contributed by atoms with Crippen LogP contribution in [0.3, 0.4) is 0 Å². The predicted molar refractivity (Wildman–Crippen MR) is 105 cm³/mol. The van der Waals surface area contributed by atoms with Gasteiger partial charge < -0.3 is 14.4 Å². The molecule has 0 aliphatic rings. The lowest BCUT2D eigenvalue weighted by Crippen LogP contribution is -2.32. The number of anilines is 1. The van der Waals surface area contributed by atoms with E-state index < -0.39 is 0 Å².